The third-order valence-corrected chi connectivity index (χ3v) is 4.92. The summed E-state index contributed by atoms with van der Waals surface area (Å²) < 4.78 is 0. The molecule has 1 aromatic heterocycles. The van der Waals surface area contributed by atoms with Gasteiger partial charge in [0.2, 0.25) is 5.91 Å². The van der Waals surface area contributed by atoms with E-state index < -0.39 is 0 Å². The third kappa shape index (κ3) is 3.71. The fourth-order valence-corrected chi connectivity index (χ4v) is 3.79. The van der Waals surface area contributed by atoms with Crippen molar-refractivity contribution in [3.05, 3.63) is 16.0 Å². The van der Waals surface area contributed by atoms with Gasteiger partial charge in [-0.25, -0.2) is 0 Å². The zero-order chi connectivity index (χ0) is 13.1. The highest BCUT2D eigenvalue weighted by molar-refractivity contribution is 7.16. The van der Waals surface area contributed by atoms with Crippen molar-refractivity contribution < 1.29 is 4.79 Å². The molecule has 0 bridgehead atoms. The maximum Gasteiger partial charge on any atom is 0.241 e. The third-order valence-electron chi connectivity index (χ3n) is 3.61. The SMILES string of the molecule is CCCC(N)C(=O)Nc1sc2c(c1C)CCCC2.Cl. The number of halogens is 1. The minimum Gasteiger partial charge on any atom is -0.320 e. The predicted molar refractivity (Wildman–Crippen MR) is 84.5 cm³/mol. The van der Waals surface area contributed by atoms with Gasteiger partial charge in [0.1, 0.15) is 0 Å². The molecule has 0 aliphatic heterocycles. The fourth-order valence-electron chi connectivity index (χ4n) is 2.49. The molecule has 1 aliphatic carbocycles. The molecule has 1 unspecified atom stereocenters. The lowest BCUT2D eigenvalue weighted by atomic mass is 9.96. The summed E-state index contributed by atoms with van der Waals surface area (Å²) in [6.07, 6.45) is 6.56. The van der Waals surface area contributed by atoms with Gasteiger partial charge in [-0.1, -0.05) is 13.3 Å². The minimum atomic E-state index is -0.381. The Morgan fingerprint density at radius 3 is 2.74 bits per heavy atom. The molecule has 0 aromatic carbocycles. The Kier molecular flexibility index (Phi) is 6.30. The van der Waals surface area contributed by atoms with Gasteiger partial charge in [0.05, 0.1) is 11.0 Å². The number of carbonyl (C=O) groups excluding carboxylic acids is 1. The van der Waals surface area contributed by atoms with E-state index in [1.165, 1.54) is 28.8 Å². The molecule has 19 heavy (non-hydrogen) atoms. The maximum atomic E-state index is 11.9. The van der Waals surface area contributed by atoms with Crippen LogP contribution >= 0.6 is 23.7 Å². The van der Waals surface area contributed by atoms with E-state index in [1.54, 1.807) is 11.3 Å². The summed E-state index contributed by atoms with van der Waals surface area (Å²) in [5.74, 6) is -0.0430. The van der Waals surface area contributed by atoms with E-state index in [2.05, 4.69) is 12.2 Å². The largest absolute Gasteiger partial charge is 0.320 e. The molecule has 1 atom stereocenters. The lowest BCUT2D eigenvalue weighted by molar-refractivity contribution is -0.117. The molecule has 2 rings (SSSR count). The first-order valence-electron chi connectivity index (χ1n) is 6.81. The number of nitrogens with two attached hydrogens (primary N) is 1. The number of thiophene rings is 1. The van der Waals surface area contributed by atoms with Crippen molar-refractivity contribution in [3.8, 4) is 0 Å². The molecule has 1 amide bonds. The van der Waals surface area contributed by atoms with Crippen molar-refractivity contribution in [1.82, 2.24) is 0 Å². The van der Waals surface area contributed by atoms with Crippen molar-refractivity contribution in [1.29, 1.82) is 0 Å². The molecule has 0 spiro atoms. The summed E-state index contributed by atoms with van der Waals surface area (Å²) >= 11 is 1.74. The number of hydrogen-bond donors (Lipinski definition) is 2. The number of rotatable bonds is 4. The van der Waals surface area contributed by atoms with Crippen molar-refractivity contribution in [2.75, 3.05) is 5.32 Å². The Morgan fingerprint density at radius 2 is 2.11 bits per heavy atom. The zero-order valence-electron chi connectivity index (χ0n) is 11.6. The molecular weight excluding hydrogens is 280 g/mol. The summed E-state index contributed by atoms with van der Waals surface area (Å²) in [4.78, 5) is 13.4. The second-order valence-corrected chi connectivity index (χ2v) is 6.15. The van der Waals surface area contributed by atoms with Gasteiger partial charge < -0.3 is 11.1 Å². The summed E-state index contributed by atoms with van der Waals surface area (Å²) in [6.45, 7) is 4.16. The summed E-state index contributed by atoms with van der Waals surface area (Å²) in [5, 5.41) is 4.02. The Bertz CT molecular complexity index is 445. The van der Waals surface area contributed by atoms with E-state index in [-0.39, 0.29) is 24.4 Å². The van der Waals surface area contributed by atoms with E-state index in [0.717, 1.165) is 30.7 Å². The van der Waals surface area contributed by atoms with Gasteiger partial charge in [0, 0.05) is 4.88 Å². The van der Waals surface area contributed by atoms with Crippen LogP contribution in [0.25, 0.3) is 0 Å². The van der Waals surface area contributed by atoms with Crippen LogP contribution in [-0.4, -0.2) is 11.9 Å². The van der Waals surface area contributed by atoms with E-state index >= 15 is 0 Å². The van der Waals surface area contributed by atoms with Crippen LogP contribution in [0.1, 0.15) is 48.6 Å². The Hall–Kier alpha value is -0.580. The predicted octanol–water partition coefficient (Wildman–Crippen LogP) is 3.42. The molecule has 3 nitrogen and oxygen atoms in total. The Morgan fingerprint density at radius 1 is 1.42 bits per heavy atom. The highest BCUT2D eigenvalue weighted by Gasteiger charge is 2.20. The molecule has 0 fully saturated rings. The van der Waals surface area contributed by atoms with E-state index in [4.69, 9.17) is 5.73 Å². The highest BCUT2D eigenvalue weighted by atomic mass is 35.5. The molecule has 0 radical (unpaired) electrons. The second-order valence-electron chi connectivity index (χ2n) is 5.05. The first kappa shape index (κ1) is 16.5. The molecule has 1 heterocycles. The van der Waals surface area contributed by atoms with Crippen LogP contribution in [-0.2, 0) is 17.6 Å². The van der Waals surface area contributed by atoms with Gasteiger partial charge >= 0.3 is 0 Å². The fraction of sp³-hybridized carbons (Fsp3) is 0.643. The zero-order valence-corrected chi connectivity index (χ0v) is 13.3. The van der Waals surface area contributed by atoms with Crippen LogP contribution in [0, 0.1) is 6.92 Å². The Labute approximate surface area is 125 Å². The molecule has 5 heteroatoms. The number of amides is 1. The molecule has 3 N–H and O–H groups in total. The number of aryl methyl sites for hydroxylation is 1. The van der Waals surface area contributed by atoms with Crippen LogP contribution < -0.4 is 11.1 Å². The number of carbonyl (C=O) groups is 1. The standard InChI is InChI=1S/C14H22N2OS.ClH/c1-3-6-11(15)13(17)16-14-9(2)10-7-4-5-8-12(10)18-14;/h11H,3-8,15H2,1-2H3,(H,16,17);1H. The average molecular weight is 303 g/mol. The number of anilines is 1. The van der Waals surface area contributed by atoms with Gasteiger partial charge in [-0.2, -0.15) is 0 Å². The van der Waals surface area contributed by atoms with E-state index in [1.807, 2.05) is 6.92 Å². The topological polar surface area (TPSA) is 55.1 Å². The second kappa shape index (κ2) is 7.27. The first-order chi connectivity index (χ1) is 8.63. The summed E-state index contributed by atoms with van der Waals surface area (Å²) in [5.41, 5.74) is 8.56. The van der Waals surface area contributed by atoms with Crippen molar-refractivity contribution in [2.24, 2.45) is 5.73 Å². The average Bonchev–Trinajstić information content (AvgIpc) is 2.67. The molecule has 1 aliphatic rings. The quantitative estimate of drug-likeness (QED) is 0.895. The Balaban J connectivity index is 0.00000180. The highest BCUT2D eigenvalue weighted by Crippen LogP contribution is 2.37. The van der Waals surface area contributed by atoms with E-state index in [0.29, 0.717) is 0 Å². The number of hydrogen-bond acceptors (Lipinski definition) is 3. The minimum absolute atomic E-state index is 0. The van der Waals surface area contributed by atoms with Crippen LogP contribution in [0.15, 0.2) is 0 Å². The smallest absolute Gasteiger partial charge is 0.241 e. The van der Waals surface area contributed by atoms with Gasteiger partial charge in [-0.3, -0.25) is 4.79 Å². The van der Waals surface area contributed by atoms with Crippen molar-refractivity contribution in [2.45, 2.75) is 58.4 Å². The monoisotopic (exact) mass is 302 g/mol. The van der Waals surface area contributed by atoms with Crippen LogP contribution in [0.5, 0.6) is 0 Å². The molecule has 0 saturated heterocycles. The van der Waals surface area contributed by atoms with Crippen LogP contribution in [0.3, 0.4) is 0 Å². The number of fused-ring (bicyclic) bond motifs is 1. The molecule has 108 valence electrons. The van der Waals surface area contributed by atoms with Gasteiger partial charge in [0.15, 0.2) is 0 Å². The van der Waals surface area contributed by atoms with Gasteiger partial charge in [-0.15, -0.1) is 23.7 Å². The maximum absolute atomic E-state index is 11.9. The first-order valence-corrected chi connectivity index (χ1v) is 7.62. The van der Waals surface area contributed by atoms with Gasteiger partial charge in [-0.05, 0) is 50.2 Å². The lowest BCUT2D eigenvalue weighted by Crippen LogP contribution is -2.35. The van der Waals surface area contributed by atoms with Crippen molar-refractivity contribution >= 4 is 34.7 Å². The molecule has 0 saturated carbocycles. The van der Waals surface area contributed by atoms with E-state index in [9.17, 15) is 4.79 Å². The lowest BCUT2D eigenvalue weighted by Gasteiger charge is -2.11. The molecular formula is C14H23ClN2OS. The van der Waals surface area contributed by atoms with Gasteiger partial charge in [0.25, 0.3) is 0 Å². The molecule has 1 aromatic rings. The van der Waals surface area contributed by atoms with Crippen LogP contribution in [0.4, 0.5) is 5.00 Å². The number of nitrogens with one attached hydrogen (secondary N) is 1. The summed E-state index contributed by atoms with van der Waals surface area (Å²) in [7, 11) is 0. The summed E-state index contributed by atoms with van der Waals surface area (Å²) in [6, 6.07) is -0.381. The normalized spacial score (nSPS) is 15.3. The van der Waals surface area contributed by atoms with Crippen molar-refractivity contribution in [3.63, 3.8) is 0 Å². The van der Waals surface area contributed by atoms with Crippen LogP contribution in [0.2, 0.25) is 0 Å².